The van der Waals surface area contributed by atoms with Gasteiger partial charge in [0.05, 0.1) is 31.4 Å². The molecule has 4 heterocycles. The normalized spacial score (nSPS) is 25.4. The lowest BCUT2D eigenvalue weighted by molar-refractivity contribution is -0.197. The van der Waals surface area contributed by atoms with Crippen molar-refractivity contribution < 1.29 is 81.5 Å². The molecular weight excluding hydrogens is 1120 g/mol. The fourth-order valence-electron chi connectivity index (χ4n) is 10.0. The van der Waals surface area contributed by atoms with Crippen molar-refractivity contribution in [1.29, 1.82) is 0 Å². The van der Waals surface area contributed by atoms with Crippen LogP contribution in [0.4, 0.5) is 31.4 Å². The molecule has 0 aliphatic carbocycles. The number of benzene rings is 2. The highest BCUT2D eigenvalue weighted by molar-refractivity contribution is 6.35. The Balaban J connectivity index is 1.14. The van der Waals surface area contributed by atoms with Crippen LogP contribution in [0.2, 0.25) is 5.02 Å². The smallest absolute Gasteiger partial charge is 0.412 e. The van der Waals surface area contributed by atoms with Crippen LogP contribution in [0, 0.1) is 5.92 Å². The highest BCUT2D eigenvalue weighted by Gasteiger charge is 2.64. The molecule has 84 heavy (non-hydrogen) atoms. The molecule has 2 aromatic rings. The molecule has 2 aromatic carbocycles. The third-order valence-electron chi connectivity index (χ3n) is 15.0. The van der Waals surface area contributed by atoms with E-state index in [-0.39, 0.29) is 61.5 Å². The number of nitrogens with zero attached hydrogens (tertiary/aromatic N) is 2. The maximum atomic E-state index is 14.4. The van der Waals surface area contributed by atoms with E-state index in [1.165, 1.54) is 57.5 Å². The second-order valence-electron chi connectivity index (χ2n) is 21.3. The van der Waals surface area contributed by atoms with Crippen LogP contribution in [0.1, 0.15) is 97.5 Å². The van der Waals surface area contributed by atoms with E-state index in [0.717, 1.165) is 11.1 Å². The third-order valence-corrected chi connectivity index (χ3v) is 15.4. The number of aliphatic hydroxyl groups is 1. The van der Waals surface area contributed by atoms with Gasteiger partial charge < -0.3 is 70.3 Å². The number of unbranched alkanes of at least 4 members (excludes halogenated alkanes) is 1. The Morgan fingerprint density at radius 1 is 0.952 bits per heavy atom. The van der Waals surface area contributed by atoms with E-state index < -0.39 is 120 Å². The number of halogens is 1. The second kappa shape index (κ2) is 29.2. The first-order chi connectivity index (χ1) is 39.8. The fraction of sp³-hybridized carbons (Fsp3) is 0.526. The zero-order valence-corrected chi connectivity index (χ0v) is 49.1. The largest absolute Gasteiger partial charge is 0.495 e. The minimum absolute atomic E-state index is 0.0247. The number of urea groups is 1. The van der Waals surface area contributed by atoms with Crippen molar-refractivity contribution in [3.05, 3.63) is 83.1 Å². The van der Waals surface area contributed by atoms with Gasteiger partial charge in [-0.2, -0.15) is 0 Å². The maximum Gasteiger partial charge on any atom is 0.412 e. The molecule has 0 aromatic heterocycles. The van der Waals surface area contributed by atoms with Gasteiger partial charge in [-0.15, -0.1) is 5.06 Å². The summed E-state index contributed by atoms with van der Waals surface area (Å²) in [5, 5.41) is 28.7. The SMILES string of the molecule is C=C(CCCCC(=O)ON1C(=O)CCC1=O)N[C@H](C(=O)N[C@@H](CCCNC(N)=O)C(=O)Nc1ccc(NC(=O)O[C@H]2CC(=O)N(C)c3cc(cc(OC)c3Cl)C/C(C)=C/C=C/[C@@H](OC)[C@@]3(O)C[C@H](OC(=O)N3)[C@@H](C)[C@@H]3O[C@@]23C)cc1)C(C)OC. The van der Waals surface area contributed by atoms with Gasteiger partial charge in [-0.3, -0.25) is 34.6 Å². The summed E-state index contributed by atoms with van der Waals surface area (Å²) in [7, 11) is 5.79. The molecule has 27 heteroatoms. The Bertz CT molecular complexity index is 2850. The Labute approximate surface area is 491 Å². The molecule has 0 saturated carbocycles. The summed E-state index contributed by atoms with van der Waals surface area (Å²) < 4.78 is 34.8. The number of imide groups is 1. The van der Waals surface area contributed by atoms with Gasteiger partial charge >= 0.3 is 24.2 Å². The second-order valence-corrected chi connectivity index (χ2v) is 21.7. The Hall–Kier alpha value is -7.78. The third kappa shape index (κ3) is 17.2. The van der Waals surface area contributed by atoms with E-state index in [1.54, 1.807) is 45.1 Å². The summed E-state index contributed by atoms with van der Waals surface area (Å²) in [6.45, 7) is 11.1. The zero-order chi connectivity index (χ0) is 61.6. The molecule has 4 aliphatic rings. The lowest BCUT2D eigenvalue weighted by Crippen LogP contribution is -2.63. The molecule has 4 aliphatic heterocycles. The standard InChI is InChI=1S/C57H76ClN9O17/c1-31-14-12-17-42(80-9)57(77)30-41(81-55(76)65-57)33(3)50-56(5,83-50)43(29-46(70)66(6)39-27-35(26-31)28-40(79-8)48(39)58)82-54(75)63-37-21-19-36(20-22-37)62-51(72)38(16-13-25-60-53(59)74)64-52(73)49(34(4)78-7)61-32(2)15-10-11-18-47(71)84-67-44(68)23-24-45(67)69/h12,14,17,19-22,27-28,33-34,38,41-43,49-50,61,77H,2,10-11,13,15-16,18,23-26,29-30H2,1,3-9H3,(H,62,72)(H,63,75)(H,64,73)(H,65,76)(H3,59,60,74)/b17-12+,31-14+/t33-,34?,38+,41+,42-,43+,49+,50+,56+,57+/m1/s1. The average molecular weight is 1190 g/mol. The minimum atomic E-state index is -1.90. The first kappa shape index (κ1) is 65.4. The number of ether oxygens (including phenoxy) is 6. The van der Waals surface area contributed by atoms with E-state index in [1.807, 2.05) is 13.0 Å². The van der Waals surface area contributed by atoms with Crippen LogP contribution in [-0.2, 0) is 63.7 Å². The number of hydroxylamine groups is 2. The maximum absolute atomic E-state index is 14.4. The summed E-state index contributed by atoms with van der Waals surface area (Å²) in [5.74, 6) is -3.98. The van der Waals surface area contributed by atoms with Gasteiger partial charge in [0.1, 0.15) is 46.8 Å². The number of carbonyl (C=O) groups excluding carboxylic acids is 9. The van der Waals surface area contributed by atoms with Crippen LogP contribution >= 0.6 is 11.6 Å². The molecule has 26 nitrogen and oxygen atoms in total. The van der Waals surface area contributed by atoms with E-state index in [2.05, 4.69) is 38.5 Å². The van der Waals surface area contributed by atoms with Crippen molar-refractivity contribution in [3.63, 3.8) is 0 Å². The van der Waals surface area contributed by atoms with Gasteiger partial charge in [0, 0.05) is 76.5 Å². The summed E-state index contributed by atoms with van der Waals surface area (Å²) in [5.41, 5.74) is 4.87. The van der Waals surface area contributed by atoms with Gasteiger partial charge in [0.25, 0.3) is 11.8 Å². The highest BCUT2D eigenvalue weighted by atomic mass is 35.5. The summed E-state index contributed by atoms with van der Waals surface area (Å²) >= 11 is 6.83. The van der Waals surface area contributed by atoms with Gasteiger partial charge in [-0.1, -0.05) is 48.9 Å². The number of allylic oxidation sites excluding steroid dienone is 4. The number of fused-ring (bicyclic) bond motifs is 5. The van der Waals surface area contributed by atoms with Crippen LogP contribution in [0.15, 0.2) is 72.5 Å². The van der Waals surface area contributed by atoms with Crippen molar-refractivity contribution in [2.24, 2.45) is 11.7 Å². The molecule has 0 spiro atoms. The number of epoxide rings is 1. The molecule has 9 amide bonds. The number of methoxy groups -OCH3 is 3. The molecule has 6 rings (SSSR count). The minimum Gasteiger partial charge on any atom is -0.495 e. The molecule has 10 atom stereocenters. The Morgan fingerprint density at radius 3 is 2.26 bits per heavy atom. The van der Waals surface area contributed by atoms with Crippen LogP contribution in [0.5, 0.6) is 5.75 Å². The van der Waals surface area contributed by atoms with E-state index in [9.17, 15) is 48.3 Å². The van der Waals surface area contributed by atoms with Gasteiger partial charge in [-0.25, -0.2) is 19.2 Å². The summed E-state index contributed by atoms with van der Waals surface area (Å²) in [6.07, 6.45) is -0.353. The molecule has 4 bridgehead atoms. The number of amides is 9. The molecule has 9 N–H and O–H groups in total. The van der Waals surface area contributed by atoms with Crippen LogP contribution in [-0.4, -0.2) is 153 Å². The number of rotatable bonds is 22. The monoisotopic (exact) mass is 1190 g/mol. The van der Waals surface area contributed by atoms with Crippen LogP contribution in [0.3, 0.4) is 0 Å². The quantitative estimate of drug-likeness (QED) is 0.0440. The highest BCUT2D eigenvalue weighted by Crippen LogP contribution is 2.49. The van der Waals surface area contributed by atoms with Gasteiger partial charge in [0.15, 0.2) is 5.72 Å². The lowest BCUT2D eigenvalue weighted by Gasteiger charge is -2.42. The molecule has 458 valence electrons. The predicted molar refractivity (Wildman–Crippen MR) is 305 cm³/mol. The number of hydrogen-bond acceptors (Lipinski definition) is 18. The number of hydrogen-bond donors (Lipinski definition) is 8. The van der Waals surface area contributed by atoms with Gasteiger partial charge in [0.2, 0.25) is 17.7 Å². The Morgan fingerprint density at radius 2 is 1.62 bits per heavy atom. The molecule has 1 unspecified atom stereocenters. The first-order valence-corrected chi connectivity index (χ1v) is 27.8. The van der Waals surface area contributed by atoms with Crippen molar-refractivity contribution in [3.8, 4) is 5.75 Å². The van der Waals surface area contributed by atoms with Crippen molar-refractivity contribution in [2.45, 2.75) is 152 Å². The molecular formula is C57H76ClN9O17. The van der Waals surface area contributed by atoms with E-state index in [4.69, 9.17) is 50.6 Å². The Kier molecular flexibility index (Phi) is 22.7. The summed E-state index contributed by atoms with van der Waals surface area (Å²) in [6, 6.07) is 6.45. The number of nitrogens with one attached hydrogen (secondary N) is 6. The summed E-state index contributed by atoms with van der Waals surface area (Å²) in [4.78, 5) is 123. The average Bonchev–Trinajstić information content (AvgIpc) is 2.55. The van der Waals surface area contributed by atoms with Crippen molar-refractivity contribution >= 4 is 82.4 Å². The number of nitrogens with two attached hydrogens (primary N) is 1. The fourth-order valence-corrected chi connectivity index (χ4v) is 10.3. The zero-order valence-electron chi connectivity index (χ0n) is 48.3. The molecule has 3 saturated heterocycles. The van der Waals surface area contributed by atoms with Crippen LogP contribution < -0.4 is 47.3 Å². The number of primary amides is 1. The molecule has 3 fully saturated rings. The van der Waals surface area contributed by atoms with Gasteiger partial charge in [-0.05, 0) is 101 Å². The van der Waals surface area contributed by atoms with Crippen molar-refractivity contribution in [2.75, 3.05) is 50.5 Å². The van der Waals surface area contributed by atoms with E-state index >= 15 is 0 Å². The number of alkyl carbamates (subject to hydrolysis) is 1. The lowest BCUT2D eigenvalue weighted by atomic mass is 9.83. The number of anilines is 3. The topological polar surface area (TPSA) is 346 Å². The predicted octanol–water partition coefficient (Wildman–Crippen LogP) is 4.92. The van der Waals surface area contributed by atoms with Crippen molar-refractivity contribution in [1.82, 2.24) is 26.3 Å². The first-order valence-electron chi connectivity index (χ1n) is 27.4. The molecule has 0 radical (unpaired) electrons. The van der Waals surface area contributed by atoms with Crippen LogP contribution in [0.25, 0.3) is 0 Å². The number of carbonyl (C=O) groups is 9. The van der Waals surface area contributed by atoms with E-state index in [0.29, 0.717) is 47.9 Å².